The first-order valence-corrected chi connectivity index (χ1v) is 5.96. The van der Waals surface area contributed by atoms with E-state index < -0.39 is 0 Å². The van der Waals surface area contributed by atoms with Crippen LogP contribution in [-0.2, 0) is 6.61 Å². The maximum Gasteiger partial charge on any atom is 0.141 e. The molecule has 3 heteroatoms. The van der Waals surface area contributed by atoms with Gasteiger partial charge in [0.25, 0.3) is 0 Å². The lowest BCUT2D eigenvalue weighted by molar-refractivity contribution is 0.303. The molecule has 2 rings (SSSR count). The van der Waals surface area contributed by atoms with Gasteiger partial charge in [0.05, 0.1) is 5.56 Å². The van der Waals surface area contributed by atoms with Crippen LogP contribution in [0.5, 0.6) is 5.75 Å². The third-order valence-electron chi connectivity index (χ3n) is 2.69. The van der Waals surface area contributed by atoms with Gasteiger partial charge in [-0.3, -0.25) is 0 Å². The molecule has 0 spiro atoms. The van der Waals surface area contributed by atoms with E-state index in [-0.39, 0.29) is 0 Å². The molecule has 0 radical (unpaired) electrons. The molecule has 2 aromatic carbocycles. The van der Waals surface area contributed by atoms with Gasteiger partial charge in [0.15, 0.2) is 0 Å². The van der Waals surface area contributed by atoms with Crippen molar-refractivity contribution in [3.8, 4) is 11.8 Å². The highest BCUT2D eigenvalue weighted by molar-refractivity contribution is 6.31. The van der Waals surface area contributed by atoms with Gasteiger partial charge in [-0.2, -0.15) is 5.26 Å². The van der Waals surface area contributed by atoms with Crippen LogP contribution in [0, 0.1) is 18.3 Å². The number of hydrogen-bond donors (Lipinski definition) is 0. The molecule has 18 heavy (non-hydrogen) atoms. The van der Waals surface area contributed by atoms with E-state index in [2.05, 4.69) is 6.07 Å². The molecule has 0 N–H and O–H groups in total. The number of nitrogens with zero attached hydrogens (tertiary/aromatic N) is 1. The smallest absolute Gasteiger partial charge is 0.141 e. The summed E-state index contributed by atoms with van der Waals surface area (Å²) in [4.78, 5) is 0. The molecule has 0 heterocycles. The highest BCUT2D eigenvalue weighted by Crippen LogP contribution is 2.29. The van der Waals surface area contributed by atoms with Crippen LogP contribution in [0.1, 0.15) is 16.7 Å². The van der Waals surface area contributed by atoms with E-state index in [9.17, 15) is 0 Å². The number of hydrogen-bond acceptors (Lipinski definition) is 2. The van der Waals surface area contributed by atoms with Gasteiger partial charge >= 0.3 is 0 Å². The summed E-state index contributed by atoms with van der Waals surface area (Å²) >= 11 is 6.04. The van der Waals surface area contributed by atoms with Crippen LogP contribution < -0.4 is 4.74 Å². The second-order valence-electron chi connectivity index (χ2n) is 3.94. The molecule has 0 bridgehead atoms. The third kappa shape index (κ3) is 2.64. The Labute approximate surface area is 111 Å². The molecule has 0 unspecified atom stereocenters. The number of ether oxygens (including phenoxy) is 1. The maximum atomic E-state index is 9.06. The lowest BCUT2D eigenvalue weighted by Crippen LogP contribution is -1.99. The largest absolute Gasteiger partial charge is 0.487 e. The number of halogens is 1. The van der Waals surface area contributed by atoms with Crippen LogP contribution in [0.3, 0.4) is 0 Å². The molecule has 0 aromatic heterocycles. The Morgan fingerprint density at radius 3 is 2.56 bits per heavy atom. The normalized spacial score (nSPS) is 9.83. The van der Waals surface area contributed by atoms with Crippen molar-refractivity contribution in [1.82, 2.24) is 0 Å². The summed E-state index contributed by atoms with van der Waals surface area (Å²) in [5, 5.41) is 9.67. The minimum Gasteiger partial charge on any atom is -0.487 e. The second kappa shape index (κ2) is 5.57. The second-order valence-corrected chi connectivity index (χ2v) is 4.34. The quantitative estimate of drug-likeness (QED) is 0.829. The Balaban J connectivity index is 2.24. The topological polar surface area (TPSA) is 33.0 Å². The van der Waals surface area contributed by atoms with Crippen LogP contribution >= 0.6 is 11.6 Å². The first-order chi connectivity index (χ1) is 8.72. The first-order valence-electron chi connectivity index (χ1n) is 5.58. The van der Waals surface area contributed by atoms with Crippen LogP contribution in [-0.4, -0.2) is 0 Å². The maximum absolute atomic E-state index is 9.06. The Hall–Kier alpha value is -1.98. The minimum atomic E-state index is 0.427. The van der Waals surface area contributed by atoms with E-state index in [1.807, 2.05) is 37.3 Å². The average molecular weight is 258 g/mol. The van der Waals surface area contributed by atoms with E-state index in [0.29, 0.717) is 22.9 Å². The summed E-state index contributed by atoms with van der Waals surface area (Å²) in [6.07, 6.45) is 0. The summed E-state index contributed by atoms with van der Waals surface area (Å²) in [6.45, 7) is 2.28. The molecule has 0 aliphatic rings. The lowest BCUT2D eigenvalue weighted by atomic mass is 10.1. The van der Waals surface area contributed by atoms with E-state index in [1.165, 1.54) is 0 Å². The molecule has 0 amide bonds. The van der Waals surface area contributed by atoms with Gasteiger partial charge in [-0.25, -0.2) is 0 Å². The van der Waals surface area contributed by atoms with E-state index in [1.54, 1.807) is 12.1 Å². The van der Waals surface area contributed by atoms with Crippen molar-refractivity contribution >= 4 is 11.6 Å². The third-order valence-corrected chi connectivity index (χ3v) is 3.10. The van der Waals surface area contributed by atoms with Gasteiger partial charge in [0.1, 0.15) is 18.4 Å². The summed E-state index contributed by atoms with van der Waals surface area (Å²) in [7, 11) is 0. The average Bonchev–Trinajstić information content (AvgIpc) is 2.41. The van der Waals surface area contributed by atoms with Crippen LogP contribution in [0.15, 0.2) is 42.5 Å². The van der Waals surface area contributed by atoms with Gasteiger partial charge in [-0.05, 0) is 24.6 Å². The fraction of sp³-hybridized carbons (Fsp3) is 0.133. The highest BCUT2D eigenvalue weighted by Gasteiger charge is 2.10. The van der Waals surface area contributed by atoms with Gasteiger partial charge < -0.3 is 4.74 Å². The zero-order valence-electron chi connectivity index (χ0n) is 9.98. The summed E-state index contributed by atoms with van der Waals surface area (Å²) < 4.78 is 5.72. The fourth-order valence-electron chi connectivity index (χ4n) is 1.67. The molecule has 0 fully saturated rings. The van der Waals surface area contributed by atoms with Crippen molar-refractivity contribution < 1.29 is 4.74 Å². The summed E-state index contributed by atoms with van der Waals surface area (Å²) in [5.74, 6) is 0.564. The van der Waals surface area contributed by atoms with Crippen LogP contribution in [0.4, 0.5) is 0 Å². The predicted octanol–water partition coefficient (Wildman–Crippen LogP) is 4.10. The predicted molar refractivity (Wildman–Crippen MR) is 71.7 cm³/mol. The van der Waals surface area contributed by atoms with Crippen molar-refractivity contribution in [2.24, 2.45) is 0 Å². The van der Waals surface area contributed by atoms with Crippen LogP contribution in [0.25, 0.3) is 0 Å². The molecule has 0 saturated carbocycles. The van der Waals surface area contributed by atoms with Crippen molar-refractivity contribution in [2.45, 2.75) is 13.5 Å². The van der Waals surface area contributed by atoms with E-state index in [4.69, 9.17) is 21.6 Å². The molecular formula is C15H12ClNO. The lowest BCUT2D eigenvalue weighted by Gasteiger charge is -2.11. The van der Waals surface area contributed by atoms with E-state index in [0.717, 1.165) is 11.1 Å². The summed E-state index contributed by atoms with van der Waals surface area (Å²) in [5.41, 5.74) is 2.36. The zero-order chi connectivity index (χ0) is 13.0. The highest BCUT2D eigenvalue weighted by atomic mass is 35.5. The zero-order valence-corrected chi connectivity index (χ0v) is 10.7. The van der Waals surface area contributed by atoms with Gasteiger partial charge in [-0.1, -0.05) is 41.9 Å². The molecule has 2 nitrogen and oxygen atoms in total. The van der Waals surface area contributed by atoms with Crippen LogP contribution in [0.2, 0.25) is 5.02 Å². The number of rotatable bonds is 3. The first kappa shape index (κ1) is 12.5. The Bertz CT molecular complexity index is 587. The molecule has 0 aliphatic heterocycles. The monoisotopic (exact) mass is 257 g/mol. The van der Waals surface area contributed by atoms with E-state index >= 15 is 0 Å². The Morgan fingerprint density at radius 1 is 1.17 bits per heavy atom. The van der Waals surface area contributed by atoms with Gasteiger partial charge in [0.2, 0.25) is 0 Å². The van der Waals surface area contributed by atoms with Gasteiger partial charge in [0, 0.05) is 10.6 Å². The van der Waals surface area contributed by atoms with Gasteiger partial charge in [-0.15, -0.1) is 0 Å². The molecular weight excluding hydrogens is 246 g/mol. The minimum absolute atomic E-state index is 0.427. The van der Waals surface area contributed by atoms with Crippen molar-refractivity contribution in [1.29, 1.82) is 5.26 Å². The fourth-order valence-corrected chi connectivity index (χ4v) is 1.82. The molecule has 0 saturated heterocycles. The summed E-state index contributed by atoms with van der Waals surface area (Å²) in [6, 6.07) is 15.3. The van der Waals surface area contributed by atoms with Crippen molar-refractivity contribution in [3.05, 3.63) is 64.2 Å². The standard InChI is InChI=1S/C15H12ClNO/c1-11-14(16)8-7-13(9-17)15(11)18-10-12-5-3-2-4-6-12/h2-8H,10H2,1H3. The molecule has 2 aromatic rings. The molecule has 0 atom stereocenters. The Kier molecular flexibility index (Phi) is 3.86. The number of benzene rings is 2. The molecule has 90 valence electrons. The van der Waals surface area contributed by atoms with Crippen molar-refractivity contribution in [3.63, 3.8) is 0 Å². The SMILES string of the molecule is Cc1c(Cl)ccc(C#N)c1OCc1ccccc1. The number of nitriles is 1. The molecule has 0 aliphatic carbocycles. The van der Waals surface area contributed by atoms with Crippen molar-refractivity contribution in [2.75, 3.05) is 0 Å². The Morgan fingerprint density at radius 2 is 1.89 bits per heavy atom.